The highest BCUT2D eigenvalue weighted by Crippen LogP contribution is 2.43. The lowest BCUT2D eigenvalue weighted by molar-refractivity contribution is -0.297. The normalized spacial score (nSPS) is 21.8. The molecule has 0 bridgehead atoms. The summed E-state index contributed by atoms with van der Waals surface area (Å²) >= 11 is 7.09. The second kappa shape index (κ2) is 5.19. The third-order valence-electron chi connectivity index (χ3n) is 3.50. The first-order valence-electron chi connectivity index (χ1n) is 6.50. The van der Waals surface area contributed by atoms with Crippen molar-refractivity contribution >= 4 is 44.6 Å². The van der Waals surface area contributed by atoms with Gasteiger partial charge in [0.2, 0.25) is 0 Å². The van der Waals surface area contributed by atoms with Crippen LogP contribution in [0.25, 0.3) is 10.1 Å². The standard InChI is InChI=1S/C14H10ClF3N2O2S/c1-7-6-13(22,14(16,17)18)20(19-7)12(21)11-10(15)8-4-2-3-5-9(8)23-11/h2-5,22H,6H2,1H3. The van der Waals surface area contributed by atoms with Gasteiger partial charge in [-0.05, 0) is 13.0 Å². The Hall–Kier alpha value is -1.64. The van der Waals surface area contributed by atoms with E-state index < -0.39 is 24.2 Å². The van der Waals surface area contributed by atoms with E-state index in [0.717, 1.165) is 11.3 Å². The van der Waals surface area contributed by atoms with Gasteiger partial charge in [0, 0.05) is 22.2 Å². The van der Waals surface area contributed by atoms with Gasteiger partial charge in [0.25, 0.3) is 11.6 Å². The van der Waals surface area contributed by atoms with Crippen LogP contribution in [-0.4, -0.2) is 33.6 Å². The molecule has 0 radical (unpaired) electrons. The van der Waals surface area contributed by atoms with Crippen LogP contribution in [0.1, 0.15) is 23.0 Å². The predicted molar refractivity (Wildman–Crippen MR) is 81.7 cm³/mol. The molecule has 3 rings (SSSR count). The number of benzene rings is 1. The molecule has 1 unspecified atom stereocenters. The molecule has 122 valence electrons. The fourth-order valence-electron chi connectivity index (χ4n) is 2.40. The molecule has 1 aliphatic heterocycles. The fraction of sp³-hybridized carbons (Fsp3) is 0.286. The van der Waals surface area contributed by atoms with Crippen molar-refractivity contribution < 1.29 is 23.1 Å². The third-order valence-corrected chi connectivity index (χ3v) is 5.16. The van der Waals surface area contributed by atoms with Crippen molar-refractivity contribution in [2.45, 2.75) is 25.2 Å². The topological polar surface area (TPSA) is 52.9 Å². The van der Waals surface area contributed by atoms with Gasteiger partial charge in [-0.1, -0.05) is 29.8 Å². The van der Waals surface area contributed by atoms with Crippen molar-refractivity contribution in [3.63, 3.8) is 0 Å². The largest absolute Gasteiger partial charge is 0.438 e. The molecule has 0 fully saturated rings. The number of alkyl halides is 3. The molecule has 0 spiro atoms. The minimum Gasteiger partial charge on any atom is -0.362 e. The number of hydrazone groups is 1. The summed E-state index contributed by atoms with van der Waals surface area (Å²) in [5, 5.41) is 14.3. The molecule has 1 aromatic heterocycles. The molecule has 0 saturated heterocycles. The Bertz CT molecular complexity index is 833. The van der Waals surface area contributed by atoms with Crippen LogP contribution in [0.3, 0.4) is 0 Å². The molecule has 1 N–H and O–H groups in total. The number of carbonyl (C=O) groups excluding carboxylic acids is 1. The summed E-state index contributed by atoms with van der Waals surface area (Å²) < 4.78 is 40.3. The molecule has 1 atom stereocenters. The van der Waals surface area contributed by atoms with Crippen LogP contribution < -0.4 is 0 Å². The summed E-state index contributed by atoms with van der Waals surface area (Å²) in [4.78, 5) is 12.4. The molecule has 1 aliphatic rings. The summed E-state index contributed by atoms with van der Waals surface area (Å²) in [5.41, 5.74) is -3.34. The zero-order chi connectivity index (χ0) is 17.0. The van der Waals surface area contributed by atoms with Gasteiger partial charge in [-0.15, -0.1) is 11.3 Å². The Morgan fingerprint density at radius 1 is 1.43 bits per heavy atom. The molecule has 2 aromatic rings. The van der Waals surface area contributed by atoms with Crippen LogP contribution in [-0.2, 0) is 0 Å². The number of aliphatic hydroxyl groups is 1. The lowest BCUT2D eigenvalue weighted by atomic mass is 10.1. The van der Waals surface area contributed by atoms with E-state index in [1.807, 2.05) is 0 Å². The molecular weight excluding hydrogens is 353 g/mol. The van der Waals surface area contributed by atoms with Crippen LogP contribution in [0.15, 0.2) is 29.4 Å². The second-order valence-electron chi connectivity index (χ2n) is 5.18. The van der Waals surface area contributed by atoms with E-state index in [1.54, 1.807) is 24.3 Å². The van der Waals surface area contributed by atoms with Gasteiger partial charge < -0.3 is 5.11 Å². The highest BCUT2D eigenvalue weighted by Gasteiger charge is 2.63. The highest BCUT2D eigenvalue weighted by molar-refractivity contribution is 7.21. The van der Waals surface area contributed by atoms with E-state index >= 15 is 0 Å². The van der Waals surface area contributed by atoms with Crippen LogP contribution in [0.2, 0.25) is 5.02 Å². The number of carbonyl (C=O) groups is 1. The molecule has 1 amide bonds. The molecule has 2 heterocycles. The first kappa shape index (κ1) is 16.2. The minimum absolute atomic E-state index is 0.00964. The Kier molecular flexibility index (Phi) is 3.66. The molecular formula is C14H10ClF3N2O2S. The monoisotopic (exact) mass is 362 g/mol. The number of thiophene rings is 1. The average molecular weight is 363 g/mol. The van der Waals surface area contributed by atoms with Gasteiger partial charge in [-0.3, -0.25) is 4.79 Å². The van der Waals surface area contributed by atoms with Crippen molar-refractivity contribution in [1.82, 2.24) is 5.01 Å². The first-order valence-corrected chi connectivity index (χ1v) is 7.69. The Morgan fingerprint density at radius 2 is 2.09 bits per heavy atom. The van der Waals surface area contributed by atoms with Crippen molar-refractivity contribution in [2.75, 3.05) is 0 Å². The number of hydrogen-bond acceptors (Lipinski definition) is 4. The summed E-state index contributed by atoms with van der Waals surface area (Å²) in [7, 11) is 0. The minimum atomic E-state index is -5.03. The summed E-state index contributed by atoms with van der Waals surface area (Å²) in [6.45, 7) is 1.32. The molecule has 0 saturated carbocycles. The molecule has 4 nitrogen and oxygen atoms in total. The third kappa shape index (κ3) is 2.41. The van der Waals surface area contributed by atoms with Crippen LogP contribution in [0, 0.1) is 0 Å². The lowest BCUT2D eigenvalue weighted by Crippen LogP contribution is -2.56. The van der Waals surface area contributed by atoms with Crippen LogP contribution >= 0.6 is 22.9 Å². The molecule has 23 heavy (non-hydrogen) atoms. The highest BCUT2D eigenvalue weighted by atomic mass is 35.5. The summed E-state index contributed by atoms with van der Waals surface area (Å²) in [6.07, 6.45) is -5.82. The smallest absolute Gasteiger partial charge is 0.362 e. The van der Waals surface area contributed by atoms with Gasteiger partial charge in [-0.25, -0.2) is 0 Å². The molecule has 1 aromatic carbocycles. The van der Waals surface area contributed by atoms with Gasteiger partial charge >= 0.3 is 6.18 Å². The van der Waals surface area contributed by atoms with E-state index in [9.17, 15) is 23.1 Å². The average Bonchev–Trinajstić information content (AvgIpc) is 2.96. The van der Waals surface area contributed by atoms with Gasteiger partial charge in [0.1, 0.15) is 4.88 Å². The fourth-order valence-corrected chi connectivity index (χ4v) is 3.84. The second-order valence-corrected chi connectivity index (χ2v) is 6.61. The van der Waals surface area contributed by atoms with E-state index in [2.05, 4.69) is 5.10 Å². The van der Waals surface area contributed by atoms with Crippen molar-refractivity contribution in [3.05, 3.63) is 34.2 Å². The van der Waals surface area contributed by atoms with E-state index in [-0.39, 0.29) is 20.6 Å². The number of nitrogens with zero attached hydrogens (tertiary/aromatic N) is 2. The maximum Gasteiger partial charge on any atom is 0.438 e. The van der Waals surface area contributed by atoms with E-state index in [4.69, 9.17) is 11.6 Å². The predicted octanol–water partition coefficient (Wildman–Crippen LogP) is 4.03. The van der Waals surface area contributed by atoms with Crippen LogP contribution in [0.4, 0.5) is 13.2 Å². The number of halogens is 4. The number of hydrogen-bond donors (Lipinski definition) is 1. The zero-order valence-electron chi connectivity index (χ0n) is 11.7. The molecule has 0 aliphatic carbocycles. The quantitative estimate of drug-likeness (QED) is 0.832. The Morgan fingerprint density at radius 3 is 2.70 bits per heavy atom. The first-order chi connectivity index (χ1) is 10.6. The summed E-state index contributed by atoms with van der Waals surface area (Å²) in [5.74, 6) is -1.08. The Labute approximate surface area is 137 Å². The summed E-state index contributed by atoms with van der Waals surface area (Å²) in [6, 6.07) is 6.81. The van der Waals surface area contributed by atoms with Gasteiger partial charge in [0.15, 0.2) is 0 Å². The van der Waals surface area contributed by atoms with Crippen LogP contribution in [0.5, 0.6) is 0 Å². The lowest BCUT2D eigenvalue weighted by Gasteiger charge is -2.32. The maximum atomic E-state index is 13.2. The Balaban J connectivity index is 2.09. The number of rotatable bonds is 1. The zero-order valence-corrected chi connectivity index (χ0v) is 13.3. The van der Waals surface area contributed by atoms with Crippen molar-refractivity contribution in [1.29, 1.82) is 0 Å². The SMILES string of the molecule is CC1=NN(C(=O)c2sc3ccccc3c2Cl)C(O)(C(F)(F)F)C1. The van der Waals surface area contributed by atoms with E-state index in [0.29, 0.717) is 10.1 Å². The number of amides is 1. The molecule has 9 heteroatoms. The number of fused-ring (bicyclic) bond motifs is 1. The van der Waals surface area contributed by atoms with Crippen molar-refractivity contribution in [2.24, 2.45) is 5.10 Å². The van der Waals surface area contributed by atoms with Gasteiger partial charge in [-0.2, -0.15) is 23.3 Å². The van der Waals surface area contributed by atoms with Gasteiger partial charge in [0.05, 0.1) is 5.02 Å². The van der Waals surface area contributed by atoms with E-state index in [1.165, 1.54) is 6.92 Å². The van der Waals surface area contributed by atoms with Crippen molar-refractivity contribution in [3.8, 4) is 0 Å². The maximum absolute atomic E-state index is 13.2.